The molecule has 23 heavy (non-hydrogen) atoms. The van der Waals surface area contributed by atoms with Crippen molar-refractivity contribution in [2.75, 3.05) is 18.0 Å². The van der Waals surface area contributed by atoms with Crippen molar-refractivity contribution >= 4 is 11.6 Å². The van der Waals surface area contributed by atoms with Crippen LogP contribution in [-0.2, 0) is 17.8 Å². The zero-order chi connectivity index (χ0) is 16.5. The normalized spacial score (nSPS) is 10.3. The zero-order valence-electron chi connectivity index (χ0n) is 14.1. The molecule has 0 fully saturated rings. The van der Waals surface area contributed by atoms with Crippen molar-refractivity contribution in [3.8, 4) is 0 Å². The van der Waals surface area contributed by atoms with Crippen molar-refractivity contribution < 1.29 is 4.79 Å². The number of benzene rings is 2. The summed E-state index contributed by atoms with van der Waals surface area (Å²) in [5, 5.41) is 2.99. The lowest BCUT2D eigenvalue weighted by molar-refractivity contribution is -0.121. The van der Waals surface area contributed by atoms with E-state index in [1.807, 2.05) is 18.2 Å². The Labute approximate surface area is 139 Å². The first-order valence-corrected chi connectivity index (χ1v) is 8.37. The lowest BCUT2D eigenvalue weighted by Gasteiger charge is -2.21. The predicted octanol–water partition coefficient (Wildman–Crippen LogP) is 3.78. The first-order chi connectivity index (χ1) is 11.2. The summed E-state index contributed by atoms with van der Waals surface area (Å²) in [5.41, 5.74) is 3.56. The fraction of sp³-hybridized carbons (Fsp3) is 0.350. The highest BCUT2D eigenvalue weighted by atomic mass is 16.1. The van der Waals surface area contributed by atoms with Gasteiger partial charge in [-0.25, -0.2) is 0 Å². The maximum absolute atomic E-state index is 11.9. The third kappa shape index (κ3) is 5.44. The highest BCUT2D eigenvalue weighted by Gasteiger charge is 2.04. The molecule has 2 aromatic rings. The SMILES string of the molecule is CCN(CC)c1ccc(CNC(=O)CCc2ccccc2)cc1. The van der Waals surface area contributed by atoms with Crippen LogP contribution in [0.1, 0.15) is 31.4 Å². The van der Waals surface area contributed by atoms with E-state index in [1.54, 1.807) is 0 Å². The molecular weight excluding hydrogens is 284 g/mol. The number of nitrogens with one attached hydrogen (secondary N) is 1. The van der Waals surface area contributed by atoms with Gasteiger partial charge in [0.05, 0.1) is 0 Å². The monoisotopic (exact) mass is 310 g/mol. The van der Waals surface area contributed by atoms with Gasteiger partial charge < -0.3 is 10.2 Å². The fourth-order valence-corrected chi connectivity index (χ4v) is 2.60. The molecule has 0 aromatic heterocycles. The number of nitrogens with zero attached hydrogens (tertiary/aromatic N) is 1. The molecule has 0 aliphatic rings. The van der Waals surface area contributed by atoms with Gasteiger partial charge in [0.25, 0.3) is 0 Å². The third-order valence-electron chi connectivity index (χ3n) is 4.04. The first-order valence-electron chi connectivity index (χ1n) is 8.37. The number of aryl methyl sites for hydroxylation is 1. The number of hydrogen-bond donors (Lipinski definition) is 1. The van der Waals surface area contributed by atoms with Crippen LogP contribution in [0, 0.1) is 0 Å². The Morgan fingerprint density at radius 2 is 1.57 bits per heavy atom. The zero-order valence-corrected chi connectivity index (χ0v) is 14.1. The molecule has 0 radical (unpaired) electrons. The second-order valence-electron chi connectivity index (χ2n) is 5.60. The van der Waals surface area contributed by atoms with Gasteiger partial charge in [-0.05, 0) is 43.5 Å². The molecule has 1 N–H and O–H groups in total. The van der Waals surface area contributed by atoms with Crippen LogP contribution in [-0.4, -0.2) is 19.0 Å². The van der Waals surface area contributed by atoms with Crippen molar-refractivity contribution in [2.45, 2.75) is 33.2 Å². The highest BCUT2D eigenvalue weighted by molar-refractivity contribution is 5.76. The number of hydrogen-bond acceptors (Lipinski definition) is 2. The van der Waals surface area contributed by atoms with E-state index in [2.05, 4.69) is 60.5 Å². The van der Waals surface area contributed by atoms with Crippen molar-refractivity contribution in [1.29, 1.82) is 0 Å². The van der Waals surface area contributed by atoms with E-state index in [0.717, 1.165) is 25.1 Å². The molecule has 3 nitrogen and oxygen atoms in total. The highest BCUT2D eigenvalue weighted by Crippen LogP contribution is 2.14. The van der Waals surface area contributed by atoms with Gasteiger partial charge in [0.1, 0.15) is 0 Å². The standard InChI is InChI=1S/C20H26N2O/c1-3-22(4-2)19-13-10-18(11-14-19)16-21-20(23)15-12-17-8-6-5-7-9-17/h5-11,13-14H,3-4,12,15-16H2,1-2H3,(H,21,23). The molecule has 0 saturated heterocycles. The predicted molar refractivity (Wildman–Crippen MR) is 96.6 cm³/mol. The van der Waals surface area contributed by atoms with E-state index in [1.165, 1.54) is 11.3 Å². The molecule has 1 amide bonds. The van der Waals surface area contributed by atoms with Gasteiger partial charge in [-0.15, -0.1) is 0 Å². The van der Waals surface area contributed by atoms with Crippen molar-refractivity contribution in [1.82, 2.24) is 5.32 Å². The smallest absolute Gasteiger partial charge is 0.220 e. The molecule has 0 heterocycles. The van der Waals surface area contributed by atoms with Crippen LogP contribution in [0.2, 0.25) is 0 Å². The molecule has 0 unspecified atom stereocenters. The van der Waals surface area contributed by atoms with Gasteiger partial charge in [0.2, 0.25) is 5.91 Å². The van der Waals surface area contributed by atoms with E-state index in [-0.39, 0.29) is 5.91 Å². The van der Waals surface area contributed by atoms with E-state index in [9.17, 15) is 4.79 Å². The second-order valence-corrected chi connectivity index (χ2v) is 5.60. The Kier molecular flexibility index (Phi) is 6.67. The summed E-state index contributed by atoms with van der Waals surface area (Å²) in [4.78, 5) is 14.2. The van der Waals surface area contributed by atoms with Gasteiger partial charge in [0, 0.05) is 31.7 Å². The molecule has 2 rings (SSSR count). The molecule has 0 atom stereocenters. The van der Waals surface area contributed by atoms with Gasteiger partial charge in [0.15, 0.2) is 0 Å². The Morgan fingerprint density at radius 1 is 0.913 bits per heavy atom. The molecule has 3 heteroatoms. The summed E-state index contributed by atoms with van der Waals surface area (Å²) < 4.78 is 0. The van der Waals surface area contributed by atoms with Crippen molar-refractivity contribution in [3.63, 3.8) is 0 Å². The third-order valence-corrected chi connectivity index (χ3v) is 4.04. The maximum Gasteiger partial charge on any atom is 0.220 e. The second kappa shape index (κ2) is 8.99. The number of amides is 1. The number of carbonyl (C=O) groups is 1. The fourth-order valence-electron chi connectivity index (χ4n) is 2.60. The number of anilines is 1. The van der Waals surface area contributed by atoms with Crippen LogP contribution in [0.3, 0.4) is 0 Å². The van der Waals surface area contributed by atoms with Crippen LogP contribution < -0.4 is 10.2 Å². The van der Waals surface area contributed by atoms with Crippen LogP contribution >= 0.6 is 0 Å². The summed E-state index contributed by atoms with van der Waals surface area (Å²) >= 11 is 0. The van der Waals surface area contributed by atoms with Crippen LogP contribution in [0.4, 0.5) is 5.69 Å². The van der Waals surface area contributed by atoms with E-state index < -0.39 is 0 Å². The van der Waals surface area contributed by atoms with Crippen LogP contribution in [0.25, 0.3) is 0 Å². The molecule has 0 saturated carbocycles. The van der Waals surface area contributed by atoms with Crippen molar-refractivity contribution in [3.05, 3.63) is 65.7 Å². The summed E-state index contributed by atoms with van der Waals surface area (Å²) in [5.74, 6) is 0.0988. The topological polar surface area (TPSA) is 32.3 Å². The van der Waals surface area contributed by atoms with E-state index in [4.69, 9.17) is 0 Å². The molecule has 0 aliphatic carbocycles. The lowest BCUT2D eigenvalue weighted by Crippen LogP contribution is -2.23. The Balaban J connectivity index is 1.78. The minimum Gasteiger partial charge on any atom is -0.372 e. The minimum atomic E-state index is 0.0988. The molecule has 0 bridgehead atoms. The Hall–Kier alpha value is -2.29. The lowest BCUT2D eigenvalue weighted by atomic mass is 10.1. The van der Waals surface area contributed by atoms with Gasteiger partial charge in [-0.1, -0.05) is 42.5 Å². The van der Waals surface area contributed by atoms with E-state index in [0.29, 0.717) is 13.0 Å². The summed E-state index contributed by atoms with van der Waals surface area (Å²) in [6.45, 7) is 6.92. The molecular formula is C20H26N2O. The number of carbonyl (C=O) groups excluding carboxylic acids is 1. The van der Waals surface area contributed by atoms with Crippen LogP contribution in [0.5, 0.6) is 0 Å². The molecule has 122 valence electrons. The minimum absolute atomic E-state index is 0.0988. The average Bonchev–Trinajstić information content (AvgIpc) is 2.61. The molecule has 0 spiro atoms. The quantitative estimate of drug-likeness (QED) is 0.804. The summed E-state index contributed by atoms with van der Waals surface area (Å²) in [7, 11) is 0. The van der Waals surface area contributed by atoms with Gasteiger partial charge >= 0.3 is 0 Å². The van der Waals surface area contributed by atoms with Gasteiger partial charge in [-0.2, -0.15) is 0 Å². The summed E-state index contributed by atoms with van der Waals surface area (Å²) in [6, 6.07) is 18.5. The van der Waals surface area contributed by atoms with Crippen molar-refractivity contribution in [2.24, 2.45) is 0 Å². The first kappa shape index (κ1) is 17.1. The average molecular weight is 310 g/mol. The molecule has 2 aromatic carbocycles. The Bertz CT molecular complexity index is 589. The Morgan fingerprint density at radius 3 is 2.17 bits per heavy atom. The van der Waals surface area contributed by atoms with Crippen LogP contribution in [0.15, 0.2) is 54.6 Å². The van der Waals surface area contributed by atoms with Gasteiger partial charge in [-0.3, -0.25) is 4.79 Å². The number of rotatable bonds is 8. The largest absolute Gasteiger partial charge is 0.372 e. The molecule has 0 aliphatic heterocycles. The van der Waals surface area contributed by atoms with E-state index >= 15 is 0 Å². The maximum atomic E-state index is 11.9. The summed E-state index contributed by atoms with van der Waals surface area (Å²) in [6.07, 6.45) is 1.31.